The third-order valence-electron chi connectivity index (χ3n) is 3.37. The number of carbonyl (C=O) groups is 2. The number of hydrogen-bond donors (Lipinski definition) is 2. The van der Waals surface area contributed by atoms with E-state index in [0.29, 0.717) is 19.3 Å². The number of amides is 1. The fourth-order valence-corrected chi connectivity index (χ4v) is 2.32. The van der Waals surface area contributed by atoms with E-state index in [1.54, 1.807) is 0 Å². The first-order valence-corrected chi connectivity index (χ1v) is 6.06. The average molecular weight is 237 g/mol. The molecule has 0 bridgehead atoms. The van der Waals surface area contributed by atoms with Gasteiger partial charge in [0, 0.05) is 12.5 Å². The zero-order chi connectivity index (χ0) is 12.8. The Morgan fingerprint density at radius 2 is 2.12 bits per heavy atom. The van der Waals surface area contributed by atoms with Crippen molar-refractivity contribution in [3.05, 3.63) is 0 Å². The second kappa shape index (κ2) is 6.29. The summed E-state index contributed by atoms with van der Waals surface area (Å²) in [7, 11) is 0. The molecule has 1 aliphatic rings. The van der Waals surface area contributed by atoms with Crippen LogP contribution < -0.4 is 5.32 Å². The summed E-state index contributed by atoms with van der Waals surface area (Å²) in [5, 5.41) is 11.9. The van der Waals surface area contributed by atoms with Crippen molar-refractivity contribution in [3.63, 3.8) is 0 Å². The van der Waals surface area contributed by atoms with Gasteiger partial charge in [-0.3, -0.25) is 9.59 Å². The number of aliphatic carboxylic acids is 1. The van der Waals surface area contributed by atoms with E-state index >= 15 is 0 Å². The quantitative estimate of drug-likeness (QED) is 0.710. The summed E-state index contributed by atoms with van der Waals surface area (Å²) in [5.74, 6) is 0.575. The summed E-state index contributed by atoms with van der Waals surface area (Å²) < 4.78 is 0. The first-order valence-electron chi connectivity index (χ1n) is 6.06. The lowest BCUT2D eigenvalue weighted by molar-refractivity contribution is -0.146. The fraction of sp³-hybridized carbons (Fsp3) is 0.692. The Morgan fingerprint density at radius 1 is 1.47 bits per heavy atom. The molecule has 0 aromatic rings. The minimum Gasteiger partial charge on any atom is -0.481 e. The van der Waals surface area contributed by atoms with E-state index < -0.39 is 11.9 Å². The van der Waals surface area contributed by atoms with E-state index in [-0.39, 0.29) is 17.9 Å². The Balaban J connectivity index is 2.57. The summed E-state index contributed by atoms with van der Waals surface area (Å²) in [5.41, 5.74) is 0. The molecular formula is C13H19NO3. The number of carboxylic acids is 1. The summed E-state index contributed by atoms with van der Waals surface area (Å²) in [6, 6.07) is -0.0393. The molecule has 1 saturated carbocycles. The highest BCUT2D eigenvalue weighted by molar-refractivity contribution is 5.85. The Hall–Kier alpha value is -1.50. The van der Waals surface area contributed by atoms with Crippen LogP contribution in [0.2, 0.25) is 0 Å². The maximum absolute atomic E-state index is 12.0. The molecule has 2 N–H and O–H groups in total. The molecule has 1 amide bonds. The Labute approximate surface area is 102 Å². The molecule has 17 heavy (non-hydrogen) atoms. The van der Waals surface area contributed by atoms with Gasteiger partial charge in [-0.15, -0.1) is 12.3 Å². The average Bonchev–Trinajstić information content (AvgIpc) is 2.77. The van der Waals surface area contributed by atoms with Gasteiger partial charge in [-0.1, -0.05) is 13.3 Å². The van der Waals surface area contributed by atoms with Gasteiger partial charge in [-0.05, 0) is 19.3 Å². The van der Waals surface area contributed by atoms with Crippen molar-refractivity contribution in [1.82, 2.24) is 5.32 Å². The normalized spacial score (nSPS) is 24.9. The summed E-state index contributed by atoms with van der Waals surface area (Å²) in [6.07, 6.45) is 8.54. The van der Waals surface area contributed by atoms with Crippen LogP contribution in [0.25, 0.3) is 0 Å². The lowest BCUT2D eigenvalue weighted by atomic mass is 9.95. The first kappa shape index (κ1) is 13.6. The van der Waals surface area contributed by atoms with Crippen LogP contribution in [0, 0.1) is 24.2 Å². The lowest BCUT2D eigenvalue weighted by Gasteiger charge is -2.20. The van der Waals surface area contributed by atoms with E-state index in [1.165, 1.54) is 0 Å². The Kier molecular flexibility index (Phi) is 5.02. The number of rotatable bonds is 5. The number of carbonyl (C=O) groups excluding carboxylic acids is 1. The van der Waals surface area contributed by atoms with Crippen molar-refractivity contribution in [1.29, 1.82) is 0 Å². The van der Waals surface area contributed by atoms with Crippen LogP contribution in [0.4, 0.5) is 0 Å². The minimum absolute atomic E-state index is 0.0393. The second-order valence-corrected chi connectivity index (χ2v) is 4.50. The number of terminal acetylenes is 1. The van der Waals surface area contributed by atoms with E-state index in [0.717, 1.165) is 12.8 Å². The summed E-state index contributed by atoms with van der Waals surface area (Å²) in [6.45, 7) is 1.95. The van der Waals surface area contributed by atoms with E-state index in [9.17, 15) is 9.59 Å². The minimum atomic E-state index is -0.868. The molecule has 0 aromatic heterocycles. The van der Waals surface area contributed by atoms with Crippen molar-refractivity contribution in [3.8, 4) is 12.3 Å². The number of nitrogens with one attached hydrogen (secondary N) is 1. The predicted molar refractivity (Wildman–Crippen MR) is 64.1 cm³/mol. The molecule has 1 aliphatic carbocycles. The summed E-state index contributed by atoms with van der Waals surface area (Å²) >= 11 is 0. The lowest BCUT2D eigenvalue weighted by Crippen LogP contribution is -2.40. The third-order valence-corrected chi connectivity index (χ3v) is 3.37. The number of carboxylic acid groups (broad SMARTS) is 1. The zero-order valence-electron chi connectivity index (χ0n) is 10.1. The Morgan fingerprint density at radius 3 is 2.65 bits per heavy atom. The highest BCUT2D eigenvalue weighted by Gasteiger charge is 2.38. The van der Waals surface area contributed by atoms with Crippen molar-refractivity contribution in [2.24, 2.45) is 11.8 Å². The van der Waals surface area contributed by atoms with Gasteiger partial charge in [0.15, 0.2) is 0 Å². The van der Waals surface area contributed by atoms with Crippen LogP contribution in [0.5, 0.6) is 0 Å². The van der Waals surface area contributed by atoms with Crippen molar-refractivity contribution in [2.75, 3.05) is 0 Å². The molecule has 94 valence electrons. The van der Waals surface area contributed by atoms with E-state index in [1.807, 2.05) is 6.92 Å². The Bertz CT molecular complexity index is 332. The standard InChI is InChI=1S/C13H19NO3/c1-3-6-9(4-2)14-12(15)10-7-5-8-11(10)13(16)17/h1,9-11H,4-8H2,2H3,(H,14,15)(H,16,17). The second-order valence-electron chi connectivity index (χ2n) is 4.50. The molecule has 0 aliphatic heterocycles. The van der Waals surface area contributed by atoms with Gasteiger partial charge < -0.3 is 10.4 Å². The molecule has 3 unspecified atom stereocenters. The number of hydrogen-bond acceptors (Lipinski definition) is 2. The van der Waals surface area contributed by atoms with E-state index in [2.05, 4.69) is 11.2 Å². The molecular weight excluding hydrogens is 218 g/mol. The van der Waals surface area contributed by atoms with Crippen LogP contribution in [0.3, 0.4) is 0 Å². The first-order chi connectivity index (χ1) is 8.10. The largest absolute Gasteiger partial charge is 0.481 e. The van der Waals surface area contributed by atoms with Crippen LogP contribution in [-0.4, -0.2) is 23.0 Å². The highest BCUT2D eigenvalue weighted by Crippen LogP contribution is 2.32. The van der Waals surface area contributed by atoms with Crippen molar-refractivity contribution < 1.29 is 14.7 Å². The molecule has 0 aromatic carbocycles. The SMILES string of the molecule is C#CCC(CC)NC(=O)C1CCCC1C(=O)O. The molecule has 0 saturated heterocycles. The van der Waals surface area contributed by atoms with E-state index in [4.69, 9.17) is 11.5 Å². The van der Waals surface area contributed by atoms with Crippen molar-refractivity contribution >= 4 is 11.9 Å². The molecule has 3 atom stereocenters. The monoisotopic (exact) mass is 237 g/mol. The smallest absolute Gasteiger partial charge is 0.307 e. The molecule has 0 heterocycles. The predicted octanol–water partition coefficient (Wildman–Crippen LogP) is 1.41. The van der Waals surface area contributed by atoms with Gasteiger partial charge >= 0.3 is 5.97 Å². The fourth-order valence-electron chi connectivity index (χ4n) is 2.32. The van der Waals surface area contributed by atoms with Crippen LogP contribution in [-0.2, 0) is 9.59 Å². The van der Waals surface area contributed by atoms with Crippen LogP contribution in [0.15, 0.2) is 0 Å². The topological polar surface area (TPSA) is 66.4 Å². The van der Waals surface area contributed by atoms with Gasteiger partial charge in [0.1, 0.15) is 0 Å². The summed E-state index contributed by atoms with van der Waals surface area (Å²) in [4.78, 5) is 22.9. The maximum atomic E-state index is 12.0. The molecule has 1 rings (SSSR count). The van der Waals surface area contributed by atoms with Gasteiger partial charge in [0.2, 0.25) is 5.91 Å². The molecule has 0 spiro atoms. The zero-order valence-corrected chi connectivity index (χ0v) is 10.1. The highest BCUT2D eigenvalue weighted by atomic mass is 16.4. The van der Waals surface area contributed by atoms with Gasteiger partial charge in [0.25, 0.3) is 0 Å². The molecule has 1 fully saturated rings. The third kappa shape index (κ3) is 3.48. The maximum Gasteiger partial charge on any atom is 0.307 e. The van der Waals surface area contributed by atoms with Gasteiger partial charge in [0.05, 0.1) is 11.8 Å². The molecule has 4 heteroatoms. The van der Waals surface area contributed by atoms with Crippen LogP contribution >= 0.6 is 0 Å². The van der Waals surface area contributed by atoms with Gasteiger partial charge in [-0.25, -0.2) is 0 Å². The van der Waals surface area contributed by atoms with Crippen molar-refractivity contribution in [2.45, 2.75) is 45.1 Å². The van der Waals surface area contributed by atoms with Crippen LogP contribution in [0.1, 0.15) is 39.0 Å². The molecule has 4 nitrogen and oxygen atoms in total. The van der Waals surface area contributed by atoms with Gasteiger partial charge in [-0.2, -0.15) is 0 Å². The molecule has 0 radical (unpaired) electrons.